The van der Waals surface area contributed by atoms with Crippen LogP contribution in [-0.4, -0.2) is 5.11 Å². The number of hydrogen-bond acceptors (Lipinski definition) is 1. The molecule has 2 atom stereocenters. The molecule has 0 aromatic heterocycles. The number of benzene rings is 1. The molecule has 14 heavy (non-hydrogen) atoms. The van der Waals surface area contributed by atoms with Crippen molar-refractivity contribution in [1.29, 1.82) is 0 Å². The van der Waals surface area contributed by atoms with Crippen LogP contribution >= 0.6 is 0 Å². The van der Waals surface area contributed by atoms with Gasteiger partial charge < -0.3 is 5.11 Å². The van der Waals surface area contributed by atoms with Crippen molar-refractivity contribution in [1.82, 2.24) is 0 Å². The summed E-state index contributed by atoms with van der Waals surface area (Å²) in [6.07, 6.45) is 4.47. The van der Waals surface area contributed by atoms with Gasteiger partial charge in [0.1, 0.15) is 0 Å². The summed E-state index contributed by atoms with van der Waals surface area (Å²) < 4.78 is 0. The standard InChI is InChI=1S/C13H18O/c1-11-7-5-6-10-13(11,14)12-8-3-2-4-9-12/h2-4,8-9,11,14H,5-7,10H2,1H3/t11-,13-/m1/s1. The van der Waals surface area contributed by atoms with Crippen molar-refractivity contribution in [3.05, 3.63) is 35.9 Å². The van der Waals surface area contributed by atoms with Gasteiger partial charge in [-0.25, -0.2) is 0 Å². The second kappa shape index (κ2) is 3.74. The van der Waals surface area contributed by atoms with Gasteiger partial charge in [0, 0.05) is 0 Å². The lowest BCUT2D eigenvalue weighted by molar-refractivity contribution is -0.0469. The monoisotopic (exact) mass is 190 g/mol. The Morgan fingerprint density at radius 1 is 1.21 bits per heavy atom. The number of hydrogen-bond donors (Lipinski definition) is 1. The van der Waals surface area contributed by atoms with Gasteiger partial charge in [-0.15, -0.1) is 0 Å². The predicted molar refractivity (Wildman–Crippen MR) is 58.0 cm³/mol. The first-order chi connectivity index (χ1) is 6.73. The van der Waals surface area contributed by atoms with Crippen molar-refractivity contribution in [2.75, 3.05) is 0 Å². The highest BCUT2D eigenvalue weighted by atomic mass is 16.3. The third-order valence-corrected chi connectivity index (χ3v) is 3.53. The normalized spacial score (nSPS) is 32.9. The van der Waals surface area contributed by atoms with Crippen LogP contribution in [0.2, 0.25) is 0 Å². The molecular weight excluding hydrogens is 172 g/mol. The van der Waals surface area contributed by atoms with E-state index in [-0.39, 0.29) is 0 Å². The Bertz CT molecular complexity index is 293. The second-order valence-electron chi connectivity index (χ2n) is 4.44. The first-order valence-electron chi connectivity index (χ1n) is 5.51. The van der Waals surface area contributed by atoms with Crippen molar-refractivity contribution < 1.29 is 5.11 Å². The summed E-state index contributed by atoms with van der Waals surface area (Å²) in [4.78, 5) is 0. The molecule has 1 aromatic rings. The van der Waals surface area contributed by atoms with Crippen molar-refractivity contribution in [2.24, 2.45) is 5.92 Å². The smallest absolute Gasteiger partial charge is 0.0921 e. The molecule has 1 aliphatic rings. The lowest BCUT2D eigenvalue weighted by Gasteiger charge is -2.38. The van der Waals surface area contributed by atoms with Crippen molar-refractivity contribution in [3.8, 4) is 0 Å². The van der Waals surface area contributed by atoms with Gasteiger partial charge in [-0.3, -0.25) is 0 Å². The average molecular weight is 190 g/mol. The highest BCUT2D eigenvalue weighted by Crippen LogP contribution is 2.41. The zero-order valence-electron chi connectivity index (χ0n) is 8.74. The fraction of sp³-hybridized carbons (Fsp3) is 0.538. The summed E-state index contributed by atoms with van der Waals surface area (Å²) >= 11 is 0. The Morgan fingerprint density at radius 3 is 2.57 bits per heavy atom. The summed E-state index contributed by atoms with van der Waals surface area (Å²) in [6.45, 7) is 2.16. The van der Waals surface area contributed by atoms with Crippen LogP contribution in [0.3, 0.4) is 0 Å². The van der Waals surface area contributed by atoms with Crippen LogP contribution < -0.4 is 0 Å². The zero-order valence-corrected chi connectivity index (χ0v) is 8.74. The molecule has 0 radical (unpaired) electrons. The Morgan fingerprint density at radius 2 is 1.93 bits per heavy atom. The fourth-order valence-electron chi connectivity index (χ4n) is 2.49. The molecule has 1 aliphatic carbocycles. The molecule has 0 unspecified atom stereocenters. The maximum absolute atomic E-state index is 10.6. The molecule has 1 fully saturated rings. The molecule has 1 aromatic carbocycles. The number of aliphatic hydroxyl groups is 1. The summed E-state index contributed by atoms with van der Waals surface area (Å²) in [5, 5.41) is 10.6. The topological polar surface area (TPSA) is 20.2 Å². The van der Waals surface area contributed by atoms with E-state index in [9.17, 15) is 5.11 Å². The maximum atomic E-state index is 10.6. The van der Waals surface area contributed by atoms with Crippen LogP contribution in [0.15, 0.2) is 30.3 Å². The van der Waals surface area contributed by atoms with E-state index >= 15 is 0 Å². The lowest BCUT2D eigenvalue weighted by Crippen LogP contribution is -2.36. The first-order valence-corrected chi connectivity index (χ1v) is 5.51. The van der Waals surface area contributed by atoms with Gasteiger partial charge in [0.25, 0.3) is 0 Å². The van der Waals surface area contributed by atoms with Crippen LogP contribution in [0.5, 0.6) is 0 Å². The zero-order chi connectivity index (χ0) is 10.0. The molecule has 1 nitrogen and oxygen atoms in total. The summed E-state index contributed by atoms with van der Waals surface area (Å²) in [5.74, 6) is 0.388. The van der Waals surface area contributed by atoms with E-state index in [1.165, 1.54) is 6.42 Å². The summed E-state index contributed by atoms with van der Waals surface area (Å²) in [6, 6.07) is 10.1. The van der Waals surface area contributed by atoms with E-state index < -0.39 is 5.60 Å². The number of rotatable bonds is 1. The first kappa shape index (κ1) is 9.72. The molecule has 1 heteroatoms. The molecule has 76 valence electrons. The van der Waals surface area contributed by atoms with Gasteiger partial charge in [-0.2, -0.15) is 0 Å². The minimum absolute atomic E-state index is 0.388. The minimum atomic E-state index is -0.570. The van der Waals surface area contributed by atoms with E-state index in [0.717, 1.165) is 24.8 Å². The van der Waals surface area contributed by atoms with Gasteiger partial charge in [-0.05, 0) is 24.3 Å². The van der Waals surface area contributed by atoms with Gasteiger partial charge in [0.15, 0.2) is 0 Å². The van der Waals surface area contributed by atoms with Crippen LogP contribution in [0.4, 0.5) is 0 Å². The third-order valence-electron chi connectivity index (χ3n) is 3.53. The lowest BCUT2D eigenvalue weighted by atomic mass is 9.72. The highest BCUT2D eigenvalue weighted by Gasteiger charge is 2.37. The Labute approximate surface area is 85.8 Å². The molecule has 0 spiro atoms. The Kier molecular flexibility index (Phi) is 2.60. The molecule has 0 saturated heterocycles. The van der Waals surface area contributed by atoms with E-state index in [2.05, 4.69) is 6.92 Å². The second-order valence-corrected chi connectivity index (χ2v) is 4.44. The van der Waals surface area contributed by atoms with Crippen molar-refractivity contribution in [3.63, 3.8) is 0 Å². The van der Waals surface area contributed by atoms with E-state index in [4.69, 9.17) is 0 Å². The van der Waals surface area contributed by atoms with Crippen LogP contribution in [0.25, 0.3) is 0 Å². The molecule has 0 heterocycles. The molecule has 0 aliphatic heterocycles. The van der Waals surface area contributed by atoms with Gasteiger partial charge in [0.2, 0.25) is 0 Å². The Balaban J connectivity index is 2.30. The Hall–Kier alpha value is -0.820. The minimum Gasteiger partial charge on any atom is -0.385 e. The largest absolute Gasteiger partial charge is 0.385 e. The molecule has 0 amide bonds. The third kappa shape index (κ3) is 1.57. The predicted octanol–water partition coefficient (Wildman–Crippen LogP) is 3.08. The summed E-state index contributed by atoms with van der Waals surface area (Å²) in [5.41, 5.74) is 0.520. The maximum Gasteiger partial charge on any atom is 0.0921 e. The fourth-order valence-corrected chi connectivity index (χ4v) is 2.49. The molecule has 2 rings (SSSR count). The van der Waals surface area contributed by atoms with Gasteiger partial charge in [0.05, 0.1) is 5.60 Å². The van der Waals surface area contributed by atoms with Crippen molar-refractivity contribution in [2.45, 2.75) is 38.2 Å². The van der Waals surface area contributed by atoms with E-state index in [1.807, 2.05) is 30.3 Å². The van der Waals surface area contributed by atoms with Crippen molar-refractivity contribution >= 4 is 0 Å². The van der Waals surface area contributed by atoms with Gasteiger partial charge >= 0.3 is 0 Å². The molecule has 1 N–H and O–H groups in total. The van der Waals surface area contributed by atoms with Crippen LogP contribution in [0.1, 0.15) is 38.2 Å². The van der Waals surface area contributed by atoms with Crippen LogP contribution in [-0.2, 0) is 5.60 Å². The molecular formula is C13H18O. The average Bonchev–Trinajstić information content (AvgIpc) is 2.24. The summed E-state index contributed by atoms with van der Waals surface area (Å²) in [7, 11) is 0. The van der Waals surface area contributed by atoms with E-state index in [0.29, 0.717) is 5.92 Å². The van der Waals surface area contributed by atoms with E-state index in [1.54, 1.807) is 0 Å². The molecule has 1 saturated carbocycles. The van der Waals surface area contributed by atoms with Crippen LogP contribution in [0, 0.1) is 5.92 Å². The van der Waals surface area contributed by atoms with Gasteiger partial charge in [-0.1, -0.05) is 50.1 Å². The SMILES string of the molecule is C[C@@H]1CCCC[C@]1(O)c1ccccc1. The highest BCUT2D eigenvalue weighted by molar-refractivity contribution is 5.23. The molecule has 0 bridgehead atoms. The quantitative estimate of drug-likeness (QED) is 0.721.